The highest BCUT2D eigenvalue weighted by atomic mass is 35.5. The van der Waals surface area contributed by atoms with Gasteiger partial charge in [-0.05, 0) is 45.8 Å². The van der Waals surface area contributed by atoms with E-state index in [4.69, 9.17) is 0 Å². The summed E-state index contributed by atoms with van der Waals surface area (Å²) in [4.78, 5) is 17.1. The van der Waals surface area contributed by atoms with Crippen molar-refractivity contribution in [2.75, 3.05) is 39.8 Å². The minimum absolute atomic E-state index is 0. The lowest BCUT2D eigenvalue weighted by molar-refractivity contribution is -0.135. The monoisotopic (exact) mass is 325 g/mol. The molecule has 20 heavy (non-hydrogen) atoms. The minimum Gasteiger partial charge on any atom is -0.338 e. The van der Waals surface area contributed by atoms with Crippen molar-refractivity contribution in [3.63, 3.8) is 0 Å². The molecule has 4 nitrogen and oxygen atoms in total. The smallest absolute Gasteiger partial charge is 0.226 e. The van der Waals surface area contributed by atoms with Crippen LogP contribution in [0.3, 0.4) is 0 Å². The first-order valence-electron chi connectivity index (χ1n) is 7.40. The highest BCUT2D eigenvalue weighted by Crippen LogP contribution is 2.22. The van der Waals surface area contributed by atoms with Gasteiger partial charge < -0.3 is 15.1 Å². The number of rotatable bonds is 5. The molecule has 0 aliphatic carbocycles. The zero-order valence-electron chi connectivity index (χ0n) is 12.6. The number of carbonyl (C=O) groups excluding carboxylic acids is 1. The summed E-state index contributed by atoms with van der Waals surface area (Å²) >= 11 is 0. The van der Waals surface area contributed by atoms with Crippen molar-refractivity contribution in [2.45, 2.75) is 38.6 Å². The normalized spacial score (nSPS) is 24.1. The van der Waals surface area contributed by atoms with Gasteiger partial charge in [0.1, 0.15) is 0 Å². The van der Waals surface area contributed by atoms with Crippen LogP contribution in [-0.4, -0.2) is 61.5 Å². The Hall–Kier alpha value is -0.0300. The Labute approximate surface area is 135 Å². The summed E-state index contributed by atoms with van der Waals surface area (Å²) in [5.74, 6) is 0.445. The van der Waals surface area contributed by atoms with E-state index in [-0.39, 0.29) is 30.7 Å². The molecule has 0 aromatic rings. The average Bonchev–Trinajstić information content (AvgIpc) is 3.00. The molecule has 0 aromatic carbocycles. The number of hydrogen-bond donors (Lipinski definition) is 1. The Kier molecular flexibility index (Phi) is 9.81. The van der Waals surface area contributed by atoms with Crippen LogP contribution in [-0.2, 0) is 4.79 Å². The van der Waals surface area contributed by atoms with Crippen molar-refractivity contribution >= 4 is 30.7 Å². The predicted molar refractivity (Wildman–Crippen MR) is 88.0 cm³/mol. The first kappa shape index (κ1) is 20.0. The fourth-order valence-corrected chi connectivity index (χ4v) is 3.26. The third kappa shape index (κ3) is 5.06. The molecule has 0 spiro atoms. The molecular formula is C14H29Cl2N3O. The molecule has 1 amide bonds. The van der Waals surface area contributed by atoms with Crippen LogP contribution in [0.25, 0.3) is 0 Å². The summed E-state index contributed by atoms with van der Waals surface area (Å²) < 4.78 is 0. The van der Waals surface area contributed by atoms with E-state index >= 15 is 0 Å². The van der Waals surface area contributed by atoms with E-state index in [2.05, 4.69) is 15.1 Å². The second-order valence-electron chi connectivity index (χ2n) is 5.79. The van der Waals surface area contributed by atoms with Gasteiger partial charge in [0.25, 0.3) is 0 Å². The van der Waals surface area contributed by atoms with Crippen molar-refractivity contribution in [3.05, 3.63) is 0 Å². The summed E-state index contributed by atoms with van der Waals surface area (Å²) in [5, 5.41) is 3.10. The van der Waals surface area contributed by atoms with Gasteiger partial charge in [-0.2, -0.15) is 0 Å². The zero-order valence-corrected chi connectivity index (χ0v) is 14.3. The summed E-state index contributed by atoms with van der Waals surface area (Å²) in [6.07, 6.45) is 5.03. The molecule has 2 saturated heterocycles. The summed E-state index contributed by atoms with van der Waals surface area (Å²) in [6.45, 7) is 7.33. The fraction of sp³-hybridized carbons (Fsp3) is 0.929. The lowest BCUT2D eigenvalue weighted by Gasteiger charge is -2.30. The molecule has 2 rings (SSSR count). The second-order valence-corrected chi connectivity index (χ2v) is 5.79. The molecule has 2 atom stereocenters. The van der Waals surface area contributed by atoms with Crippen molar-refractivity contribution < 1.29 is 4.79 Å². The fourth-order valence-electron chi connectivity index (χ4n) is 3.26. The number of halogens is 2. The standard InChI is InChI=1S/C14H27N3O.2ClH/c1-12(10-15-2)14(18)17-9-5-6-13(17)11-16-7-3-4-8-16;;/h12-13,15H,3-11H2,1-2H3;2*1H. The number of hydrogen-bond acceptors (Lipinski definition) is 3. The topological polar surface area (TPSA) is 35.6 Å². The van der Waals surface area contributed by atoms with Crippen molar-refractivity contribution in [1.29, 1.82) is 0 Å². The Bertz CT molecular complexity index is 286. The third-order valence-corrected chi connectivity index (χ3v) is 4.26. The van der Waals surface area contributed by atoms with Crippen LogP contribution in [0.4, 0.5) is 0 Å². The van der Waals surface area contributed by atoms with E-state index < -0.39 is 0 Å². The van der Waals surface area contributed by atoms with Gasteiger partial charge in [0.2, 0.25) is 5.91 Å². The maximum atomic E-state index is 12.4. The predicted octanol–water partition coefficient (Wildman–Crippen LogP) is 1.77. The molecule has 2 unspecified atom stereocenters. The van der Waals surface area contributed by atoms with Gasteiger partial charge in [0.05, 0.1) is 0 Å². The van der Waals surface area contributed by atoms with E-state index in [0.29, 0.717) is 11.9 Å². The van der Waals surface area contributed by atoms with E-state index in [1.165, 1.54) is 38.8 Å². The van der Waals surface area contributed by atoms with E-state index in [1.807, 2.05) is 14.0 Å². The van der Waals surface area contributed by atoms with Crippen molar-refractivity contribution in [1.82, 2.24) is 15.1 Å². The molecule has 2 aliphatic rings. The van der Waals surface area contributed by atoms with E-state index in [1.54, 1.807) is 0 Å². The van der Waals surface area contributed by atoms with Crippen LogP contribution in [0.5, 0.6) is 0 Å². The highest BCUT2D eigenvalue weighted by Gasteiger charge is 2.32. The summed E-state index contributed by atoms with van der Waals surface area (Å²) in [7, 11) is 1.91. The first-order valence-corrected chi connectivity index (χ1v) is 7.40. The summed E-state index contributed by atoms with van der Waals surface area (Å²) in [5.41, 5.74) is 0. The van der Waals surface area contributed by atoms with Gasteiger partial charge in [-0.15, -0.1) is 24.8 Å². The van der Waals surface area contributed by atoms with Crippen molar-refractivity contribution in [2.24, 2.45) is 5.92 Å². The Morgan fingerprint density at radius 1 is 1.20 bits per heavy atom. The molecule has 2 heterocycles. The van der Waals surface area contributed by atoms with Crippen LogP contribution in [0.2, 0.25) is 0 Å². The Balaban J connectivity index is 0.00000180. The molecule has 0 saturated carbocycles. The van der Waals surface area contributed by atoms with Crippen molar-refractivity contribution in [3.8, 4) is 0 Å². The lowest BCUT2D eigenvalue weighted by Crippen LogP contribution is -2.45. The molecule has 0 radical (unpaired) electrons. The van der Waals surface area contributed by atoms with Gasteiger partial charge >= 0.3 is 0 Å². The van der Waals surface area contributed by atoms with Gasteiger partial charge in [-0.1, -0.05) is 6.92 Å². The van der Waals surface area contributed by atoms with E-state index in [0.717, 1.165) is 19.6 Å². The number of nitrogens with zero attached hydrogens (tertiary/aromatic N) is 2. The quantitative estimate of drug-likeness (QED) is 0.836. The molecular weight excluding hydrogens is 297 g/mol. The molecule has 120 valence electrons. The minimum atomic E-state index is 0. The SMILES string of the molecule is CNCC(C)C(=O)N1CCCC1CN1CCCC1.Cl.Cl. The van der Waals surface area contributed by atoms with Gasteiger partial charge in [0.15, 0.2) is 0 Å². The van der Waals surface area contributed by atoms with E-state index in [9.17, 15) is 4.79 Å². The van der Waals surface area contributed by atoms with Gasteiger partial charge in [-0.3, -0.25) is 4.79 Å². The van der Waals surface area contributed by atoms with Crippen LogP contribution in [0, 0.1) is 5.92 Å². The maximum Gasteiger partial charge on any atom is 0.226 e. The molecule has 0 bridgehead atoms. The van der Waals surface area contributed by atoms with Gasteiger partial charge in [0, 0.05) is 31.6 Å². The lowest BCUT2D eigenvalue weighted by atomic mass is 10.1. The van der Waals surface area contributed by atoms with Crippen LogP contribution in [0.15, 0.2) is 0 Å². The molecule has 2 fully saturated rings. The van der Waals surface area contributed by atoms with Crippen LogP contribution < -0.4 is 5.32 Å². The highest BCUT2D eigenvalue weighted by molar-refractivity contribution is 5.85. The van der Waals surface area contributed by atoms with Crippen LogP contribution >= 0.6 is 24.8 Å². The van der Waals surface area contributed by atoms with Crippen LogP contribution in [0.1, 0.15) is 32.6 Å². The number of amides is 1. The van der Waals surface area contributed by atoms with Gasteiger partial charge in [-0.25, -0.2) is 0 Å². The average molecular weight is 326 g/mol. The molecule has 1 N–H and O–H groups in total. The number of carbonyl (C=O) groups is 1. The molecule has 6 heteroatoms. The molecule has 0 aromatic heterocycles. The number of likely N-dealkylation sites (tertiary alicyclic amines) is 2. The first-order chi connectivity index (χ1) is 8.72. The maximum absolute atomic E-state index is 12.4. The Morgan fingerprint density at radius 2 is 1.85 bits per heavy atom. The largest absolute Gasteiger partial charge is 0.338 e. The zero-order chi connectivity index (χ0) is 13.0. The third-order valence-electron chi connectivity index (χ3n) is 4.26. The Morgan fingerprint density at radius 3 is 2.45 bits per heavy atom. The second kappa shape index (κ2) is 9.82. The molecule has 2 aliphatic heterocycles. The summed E-state index contributed by atoms with van der Waals surface area (Å²) in [6, 6.07) is 0.468. The number of nitrogens with one attached hydrogen (secondary N) is 1.